The second kappa shape index (κ2) is 3.81. The maximum atomic E-state index is 6.44. The summed E-state index contributed by atoms with van der Waals surface area (Å²) in [4.78, 5) is 0. The molecule has 7 heteroatoms. The van der Waals surface area contributed by atoms with Crippen molar-refractivity contribution in [3.8, 4) is 0 Å². The first kappa shape index (κ1) is 14.8. The van der Waals surface area contributed by atoms with Crippen molar-refractivity contribution < 1.29 is 27.8 Å². The lowest BCUT2D eigenvalue weighted by Gasteiger charge is -2.45. The Hall–Kier alpha value is 0.190. The van der Waals surface area contributed by atoms with Gasteiger partial charge in [-0.2, -0.15) is 0 Å². The van der Waals surface area contributed by atoms with Gasteiger partial charge in [-0.25, -0.2) is 0 Å². The monoisotopic (exact) mass is 318 g/mol. The van der Waals surface area contributed by atoms with Crippen LogP contribution in [0.4, 0.5) is 0 Å². The molecule has 0 aromatic rings. The summed E-state index contributed by atoms with van der Waals surface area (Å²) in [5.74, 6) is -1.59. The minimum absolute atomic E-state index is 0.00183. The second-order valence-electron chi connectivity index (χ2n) is 7.49. The van der Waals surface area contributed by atoms with Gasteiger partial charge < -0.3 is 23.3 Å². The van der Waals surface area contributed by atoms with Crippen LogP contribution in [0.25, 0.3) is 0 Å². The molecule has 4 aliphatic rings. The summed E-state index contributed by atoms with van der Waals surface area (Å²) in [6, 6.07) is 0. The first-order valence-electron chi connectivity index (χ1n) is 7.42. The molecular formula is C14H23O6P. The number of rotatable bonds is 0. The summed E-state index contributed by atoms with van der Waals surface area (Å²) in [5.41, 5.74) is -2.03. The van der Waals surface area contributed by atoms with Crippen LogP contribution in [0.15, 0.2) is 0 Å². The van der Waals surface area contributed by atoms with Gasteiger partial charge in [0.25, 0.3) is 0 Å². The van der Waals surface area contributed by atoms with Crippen molar-refractivity contribution in [3.05, 3.63) is 0 Å². The molecule has 0 aromatic carbocycles. The van der Waals surface area contributed by atoms with Crippen molar-refractivity contribution in [2.75, 3.05) is 6.61 Å². The average molecular weight is 318 g/mol. The molecule has 6 atom stereocenters. The normalized spacial score (nSPS) is 61.4. The van der Waals surface area contributed by atoms with Gasteiger partial charge in [-0.1, -0.05) is 0 Å². The van der Waals surface area contributed by atoms with Crippen LogP contribution in [0.5, 0.6) is 0 Å². The molecule has 4 saturated heterocycles. The average Bonchev–Trinajstić information content (AvgIpc) is 2.78. The Morgan fingerprint density at radius 3 is 2.33 bits per heavy atom. The summed E-state index contributed by atoms with van der Waals surface area (Å²) in [6.45, 7) is 12.4. The summed E-state index contributed by atoms with van der Waals surface area (Å²) in [6.07, 6.45) is 0.697. The number of hydrogen-bond donors (Lipinski definition) is 0. The van der Waals surface area contributed by atoms with E-state index in [0.29, 0.717) is 13.0 Å². The predicted octanol–water partition coefficient (Wildman–Crippen LogP) is 2.85. The van der Waals surface area contributed by atoms with Gasteiger partial charge in [-0.3, -0.25) is 4.52 Å². The Kier molecular flexibility index (Phi) is 2.68. The number of fused-ring (bicyclic) bond motifs is 5. The molecule has 2 bridgehead atoms. The highest BCUT2D eigenvalue weighted by molar-refractivity contribution is 7.42. The zero-order valence-corrected chi connectivity index (χ0v) is 14.3. The highest BCUT2D eigenvalue weighted by Gasteiger charge is 2.81. The van der Waals surface area contributed by atoms with Crippen LogP contribution in [-0.2, 0) is 27.8 Å². The van der Waals surface area contributed by atoms with Crippen LogP contribution in [0, 0.1) is 0 Å². The highest BCUT2D eigenvalue weighted by Crippen LogP contribution is 2.69. The van der Waals surface area contributed by atoms with Crippen molar-refractivity contribution in [3.63, 3.8) is 0 Å². The van der Waals surface area contributed by atoms with Gasteiger partial charge in [-0.05, 0) is 41.5 Å². The lowest BCUT2D eigenvalue weighted by molar-refractivity contribution is -0.284. The maximum absolute atomic E-state index is 6.44. The fourth-order valence-corrected chi connectivity index (χ4v) is 5.82. The molecule has 21 heavy (non-hydrogen) atoms. The summed E-state index contributed by atoms with van der Waals surface area (Å²) >= 11 is 0. The van der Waals surface area contributed by atoms with Crippen LogP contribution in [0.2, 0.25) is 0 Å². The van der Waals surface area contributed by atoms with Gasteiger partial charge in [-0.15, -0.1) is 0 Å². The maximum Gasteiger partial charge on any atom is 0.333 e. The second-order valence-corrected chi connectivity index (χ2v) is 8.59. The van der Waals surface area contributed by atoms with Crippen LogP contribution in [-0.4, -0.2) is 41.1 Å². The number of ether oxygens (including phenoxy) is 3. The molecule has 120 valence electrons. The number of hydrogen-bond acceptors (Lipinski definition) is 6. The molecule has 4 fully saturated rings. The zero-order chi connectivity index (χ0) is 15.3. The van der Waals surface area contributed by atoms with Gasteiger partial charge in [0.15, 0.2) is 11.4 Å². The van der Waals surface area contributed by atoms with E-state index in [0.717, 1.165) is 0 Å². The van der Waals surface area contributed by atoms with Crippen LogP contribution in [0.1, 0.15) is 48.0 Å². The predicted molar refractivity (Wildman–Crippen MR) is 74.4 cm³/mol. The van der Waals surface area contributed by atoms with Crippen LogP contribution < -0.4 is 0 Å². The molecule has 4 heterocycles. The fraction of sp³-hybridized carbons (Fsp3) is 1.00. The molecule has 0 aromatic heterocycles. The largest absolute Gasteiger partial charge is 0.338 e. The molecule has 0 radical (unpaired) electrons. The van der Waals surface area contributed by atoms with Crippen molar-refractivity contribution >= 4 is 8.60 Å². The van der Waals surface area contributed by atoms with Gasteiger partial charge in [0, 0.05) is 6.42 Å². The van der Waals surface area contributed by atoms with Gasteiger partial charge in [0.1, 0.15) is 11.2 Å². The van der Waals surface area contributed by atoms with E-state index >= 15 is 0 Å². The molecule has 0 saturated carbocycles. The fourth-order valence-electron chi connectivity index (χ4n) is 4.33. The van der Waals surface area contributed by atoms with E-state index < -0.39 is 37.0 Å². The smallest absolute Gasteiger partial charge is 0.333 e. The molecular weight excluding hydrogens is 295 g/mol. The Morgan fingerprint density at radius 2 is 1.62 bits per heavy atom. The van der Waals surface area contributed by atoms with Gasteiger partial charge in [0.2, 0.25) is 5.79 Å². The van der Waals surface area contributed by atoms with Crippen LogP contribution >= 0.6 is 8.60 Å². The molecule has 0 spiro atoms. The van der Waals surface area contributed by atoms with Crippen molar-refractivity contribution in [1.82, 2.24) is 0 Å². The lowest BCUT2D eigenvalue weighted by Crippen LogP contribution is -2.62. The van der Waals surface area contributed by atoms with E-state index in [4.69, 9.17) is 27.8 Å². The van der Waals surface area contributed by atoms with E-state index in [1.165, 1.54) is 0 Å². The van der Waals surface area contributed by atoms with E-state index in [-0.39, 0.29) is 6.10 Å². The molecule has 0 N–H and O–H groups in total. The van der Waals surface area contributed by atoms with E-state index in [1.54, 1.807) is 0 Å². The highest BCUT2D eigenvalue weighted by atomic mass is 31.2. The van der Waals surface area contributed by atoms with E-state index in [9.17, 15) is 0 Å². The first-order valence-corrected chi connectivity index (χ1v) is 8.52. The van der Waals surface area contributed by atoms with Crippen molar-refractivity contribution in [2.45, 2.75) is 82.4 Å². The standard InChI is InChI=1S/C14H23O6P/c1-10(2)17-13(5)12(4)11(3,19-14(13,6)18-10)7-9-8-15-21(16-9)20-12/h9H,7-8H2,1-6H3/t9-,11-,12+,13+,14-,21-/m1/s1. The summed E-state index contributed by atoms with van der Waals surface area (Å²) in [5, 5.41) is 0. The van der Waals surface area contributed by atoms with E-state index in [2.05, 4.69) is 6.92 Å². The van der Waals surface area contributed by atoms with Crippen molar-refractivity contribution in [1.29, 1.82) is 0 Å². The minimum atomic E-state index is -1.36. The van der Waals surface area contributed by atoms with E-state index in [1.807, 2.05) is 34.6 Å². The molecule has 0 aliphatic carbocycles. The third-order valence-electron chi connectivity index (χ3n) is 5.57. The van der Waals surface area contributed by atoms with Gasteiger partial charge >= 0.3 is 8.60 Å². The Labute approximate surface area is 126 Å². The Morgan fingerprint density at radius 1 is 0.905 bits per heavy atom. The summed E-state index contributed by atoms with van der Waals surface area (Å²) in [7, 11) is -1.36. The SMILES string of the molecule is CC1(C)O[C@]2(C)O[C@]3(C)C[C@@H]4CO[P@](O4)O[C@]3(C)[C@]2(C)O1. The molecule has 0 amide bonds. The summed E-state index contributed by atoms with van der Waals surface area (Å²) < 4.78 is 36.6. The topological polar surface area (TPSA) is 55.4 Å². The Balaban J connectivity index is 1.83. The van der Waals surface area contributed by atoms with Crippen molar-refractivity contribution in [2.24, 2.45) is 0 Å². The minimum Gasteiger partial charge on any atom is -0.338 e. The first-order chi connectivity index (χ1) is 9.53. The molecule has 6 nitrogen and oxygen atoms in total. The van der Waals surface area contributed by atoms with Gasteiger partial charge in [0.05, 0.1) is 12.7 Å². The molecule has 4 aliphatic heterocycles. The zero-order valence-electron chi connectivity index (χ0n) is 13.4. The molecule has 0 unspecified atom stereocenters. The quantitative estimate of drug-likeness (QED) is 0.640. The van der Waals surface area contributed by atoms with Crippen LogP contribution in [0.3, 0.4) is 0 Å². The Bertz CT molecular complexity index is 500. The third kappa shape index (κ3) is 1.62. The third-order valence-corrected chi connectivity index (χ3v) is 6.92. The lowest BCUT2D eigenvalue weighted by atomic mass is 9.72. The molecule has 4 rings (SSSR count).